The highest BCUT2D eigenvalue weighted by Crippen LogP contribution is 2.29. The van der Waals surface area contributed by atoms with Crippen LogP contribution in [0.2, 0.25) is 5.02 Å². The largest absolute Gasteiger partial charge is 0.487 e. The first-order valence-corrected chi connectivity index (χ1v) is 9.25. The smallest absolute Gasteiger partial charge is 0.358 e. The third-order valence-electron chi connectivity index (χ3n) is 4.30. The van der Waals surface area contributed by atoms with Gasteiger partial charge in [0.1, 0.15) is 12.4 Å². The van der Waals surface area contributed by atoms with Crippen LogP contribution >= 0.6 is 11.6 Å². The number of amides is 1. The summed E-state index contributed by atoms with van der Waals surface area (Å²) in [4.78, 5) is 34.6. The summed E-state index contributed by atoms with van der Waals surface area (Å²) in [6.07, 6.45) is 1.36. The number of non-ortho nitro benzene ring substituents is 1. The Bertz CT molecular complexity index is 1140. The molecule has 0 aliphatic rings. The van der Waals surface area contributed by atoms with E-state index in [9.17, 15) is 19.7 Å². The molecule has 0 fully saturated rings. The summed E-state index contributed by atoms with van der Waals surface area (Å²) in [6, 6.07) is 10.5. The van der Waals surface area contributed by atoms with Crippen molar-refractivity contribution >= 4 is 34.9 Å². The van der Waals surface area contributed by atoms with E-state index in [1.807, 2.05) is 0 Å². The summed E-state index contributed by atoms with van der Waals surface area (Å²) in [7, 11) is 2.81. The molecule has 0 aliphatic carbocycles. The number of carbonyl (C=O) groups is 2. The molecule has 10 nitrogen and oxygen atoms in total. The van der Waals surface area contributed by atoms with Gasteiger partial charge in [0.05, 0.1) is 28.9 Å². The average Bonchev–Trinajstić information content (AvgIpc) is 3.12. The molecule has 0 bridgehead atoms. The lowest BCUT2D eigenvalue weighted by atomic mass is 10.1. The summed E-state index contributed by atoms with van der Waals surface area (Å²) >= 11 is 6.01. The number of carbonyl (C=O) groups excluding carboxylic acids is 2. The van der Waals surface area contributed by atoms with Crippen molar-refractivity contribution in [2.45, 2.75) is 6.61 Å². The van der Waals surface area contributed by atoms with Gasteiger partial charge in [0.25, 0.3) is 11.6 Å². The molecule has 160 valence electrons. The molecule has 0 spiro atoms. The molecular weight excluding hydrogens is 428 g/mol. The Morgan fingerprint density at radius 2 is 1.94 bits per heavy atom. The van der Waals surface area contributed by atoms with E-state index >= 15 is 0 Å². The number of nitro groups is 1. The Morgan fingerprint density at radius 1 is 1.23 bits per heavy atom. The van der Waals surface area contributed by atoms with Crippen molar-refractivity contribution in [3.8, 4) is 5.75 Å². The molecule has 0 saturated heterocycles. The van der Waals surface area contributed by atoms with E-state index in [0.717, 1.165) is 5.56 Å². The number of esters is 1. The molecule has 1 amide bonds. The predicted octanol–water partition coefficient (Wildman–Crippen LogP) is 3.60. The first-order valence-electron chi connectivity index (χ1n) is 8.87. The van der Waals surface area contributed by atoms with E-state index < -0.39 is 16.8 Å². The standard InChI is InChI=1S/C20H17ClN4O6/c1-24-18(20(27)30-2)16(10-22-24)23-19(26)13-5-3-12(4-6-13)11-31-17-8-7-14(25(28)29)9-15(17)21/h3-10H,11H2,1-2H3,(H,23,26). The number of methoxy groups -OCH3 is 1. The second-order valence-electron chi connectivity index (χ2n) is 6.33. The highest BCUT2D eigenvalue weighted by Gasteiger charge is 2.19. The number of hydrogen-bond donors (Lipinski definition) is 1. The Kier molecular flexibility index (Phi) is 6.51. The van der Waals surface area contributed by atoms with E-state index in [2.05, 4.69) is 10.4 Å². The van der Waals surface area contributed by atoms with Gasteiger partial charge in [-0.15, -0.1) is 0 Å². The van der Waals surface area contributed by atoms with Gasteiger partial charge in [0.2, 0.25) is 0 Å². The molecule has 11 heteroatoms. The second kappa shape index (κ2) is 9.26. The molecule has 3 rings (SSSR count). The van der Waals surface area contributed by atoms with Gasteiger partial charge in [-0.1, -0.05) is 23.7 Å². The van der Waals surface area contributed by atoms with Crippen LogP contribution in [0.4, 0.5) is 11.4 Å². The first kappa shape index (κ1) is 21.8. The van der Waals surface area contributed by atoms with Gasteiger partial charge >= 0.3 is 5.97 Å². The van der Waals surface area contributed by atoms with Crippen molar-refractivity contribution in [1.29, 1.82) is 0 Å². The number of aromatic nitrogens is 2. The SMILES string of the molecule is COC(=O)c1c(NC(=O)c2ccc(COc3ccc([N+](=O)[O-])cc3Cl)cc2)cnn1C. The molecule has 0 atom stereocenters. The van der Waals surface area contributed by atoms with Gasteiger partial charge in [-0.05, 0) is 23.8 Å². The van der Waals surface area contributed by atoms with Crippen LogP contribution in [0.1, 0.15) is 26.4 Å². The summed E-state index contributed by atoms with van der Waals surface area (Å²) < 4.78 is 11.6. The van der Waals surface area contributed by atoms with E-state index in [1.165, 1.54) is 36.2 Å². The average molecular weight is 445 g/mol. The lowest BCUT2D eigenvalue weighted by molar-refractivity contribution is -0.384. The van der Waals surface area contributed by atoms with Crippen molar-refractivity contribution in [3.05, 3.63) is 80.6 Å². The number of ether oxygens (including phenoxy) is 2. The Hall–Kier alpha value is -3.92. The van der Waals surface area contributed by atoms with Gasteiger partial charge in [-0.25, -0.2) is 4.79 Å². The van der Waals surface area contributed by atoms with E-state index in [0.29, 0.717) is 11.3 Å². The highest BCUT2D eigenvalue weighted by molar-refractivity contribution is 6.32. The van der Waals surface area contributed by atoms with Crippen molar-refractivity contribution in [1.82, 2.24) is 9.78 Å². The fraction of sp³-hybridized carbons (Fsp3) is 0.150. The number of nitro benzene ring substituents is 1. The van der Waals surface area contributed by atoms with Crippen LogP contribution in [0.3, 0.4) is 0 Å². The van der Waals surface area contributed by atoms with Crippen molar-refractivity contribution in [2.75, 3.05) is 12.4 Å². The number of nitrogens with zero attached hydrogens (tertiary/aromatic N) is 3. The number of halogens is 1. The molecule has 3 aromatic rings. The third kappa shape index (κ3) is 4.98. The zero-order valence-corrected chi connectivity index (χ0v) is 17.3. The minimum absolute atomic E-state index is 0.126. The Morgan fingerprint density at radius 3 is 2.55 bits per heavy atom. The molecule has 0 unspecified atom stereocenters. The Balaban J connectivity index is 1.65. The van der Waals surface area contributed by atoms with Crippen molar-refractivity contribution in [2.24, 2.45) is 7.05 Å². The van der Waals surface area contributed by atoms with Crippen LogP contribution in [0.25, 0.3) is 0 Å². The molecule has 1 heterocycles. The van der Waals surface area contributed by atoms with Crippen molar-refractivity contribution < 1.29 is 24.0 Å². The van der Waals surface area contributed by atoms with Crippen LogP contribution in [0, 0.1) is 10.1 Å². The van der Waals surface area contributed by atoms with Crippen molar-refractivity contribution in [3.63, 3.8) is 0 Å². The molecule has 1 N–H and O–H groups in total. The lowest BCUT2D eigenvalue weighted by Crippen LogP contribution is -2.16. The molecule has 0 aliphatic heterocycles. The normalized spacial score (nSPS) is 10.4. The molecule has 0 saturated carbocycles. The monoisotopic (exact) mass is 444 g/mol. The maximum absolute atomic E-state index is 12.5. The maximum atomic E-state index is 12.5. The van der Waals surface area contributed by atoms with Gasteiger partial charge < -0.3 is 14.8 Å². The first-order chi connectivity index (χ1) is 14.8. The second-order valence-corrected chi connectivity index (χ2v) is 6.74. The van der Waals surface area contributed by atoms with Gasteiger partial charge in [0, 0.05) is 24.7 Å². The summed E-state index contributed by atoms with van der Waals surface area (Å²) in [5.41, 5.74) is 1.34. The minimum Gasteiger partial charge on any atom is -0.487 e. The number of rotatable bonds is 7. The summed E-state index contributed by atoms with van der Waals surface area (Å²) in [5.74, 6) is -0.738. The lowest BCUT2D eigenvalue weighted by Gasteiger charge is -2.09. The fourth-order valence-corrected chi connectivity index (χ4v) is 2.93. The minimum atomic E-state index is -0.618. The van der Waals surface area contributed by atoms with Gasteiger partial charge in [0.15, 0.2) is 5.69 Å². The maximum Gasteiger partial charge on any atom is 0.358 e. The number of anilines is 1. The topological polar surface area (TPSA) is 126 Å². The molecular formula is C20H17ClN4O6. The highest BCUT2D eigenvalue weighted by atomic mass is 35.5. The predicted molar refractivity (Wildman–Crippen MR) is 111 cm³/mol. The summed E-state index contributed by atoms with van der Waals surface area (Å²) in [5, 5.41) is 17.5. The zero-order chi connectivity index (χ0) is 22.5. The number of aryl methyl sites for hydroxylation is 1. The summed E-state index contributed by atoms with van der Waals surface area (Å²) in [6.45, 7) is 0.147. The fourth-order valence-electron chi connectivity index (χ4n) is 2.70. The quantitative estimate of drug-likeness (QED) is 0.335. The number of hydrogen-bond acceptors (Lipinski definition) is 7. The van der Waals surface area contributed by atoms with Crippen LogP contribution < -0.4 is 10.1 Å². The van der Waals surface area contributed by atoms with Crippen LogP contribution in [-0.2, 0) is 18.4 Å². The Labute approximate surface area is 181 Å². The van der Waals surface area contributed by atoms with Crippen LogP contribution in [-0.4, -0.2) is 33.7 Å². The van der Waals surface area contributed by atoms with Gasteiger partial charge in [-0.2, -0.15) is 5.10 Å². The van der Waals surface area contributed by atoms with E-state index in [1.54, 1.807) is 31.3 Å². The number of nitrogens with one attached hydrogen (secondary N) is 1. The van der Waals surface area contributed by atoms with Crippen LogP contribution in [0.15, 0.2) is 48.7 Å². The third-order valence-corrected chi connectivity index (χ3v) is 4.60. The van der Waals surface area contributed by atoms with E-state index in [-0.39, 0.29) is 28.7 Å². The number of benzene rings is 2. The van der Waals surface area contributed by atoms with E-state index in [4.69, 9.17) is 21.1 Å². The molecule has 2 aromatic carbocycles. The molecule has 31 heavy (non-hydrogen) atoms. The van der Waals surface area contributed by atoms with Crippen LogP contribution in [0.5, 0.6) is 5.75 Å². The van der Waals surface area contributed by atoms with Gasteiger partial charge in [-0.3, -0.25) is 19.6 Å². The molecule has 0 radical (unpaired) electrons. The zero-order valence-electron chi connectivity index (χ0n) is 16.5. The molecule has 1 aromatic heterocycles.